The van der Waals surface area contributed by atoms with Crippen molar-refractivity contribution in [3.05, 3.63) is 29.8 Å². The van der Waals surface area contributed by atoms with Gasteiger partial charge in [0.25, 0.3) is 0 Å². The minimum Gasteiger partial charge on any atom is -0.468 e. The fourth-order valence-corrected chi connectivity index (χ4v) is 1.20. The van der Waals surface area contributed by atoms with Crippen molar-refractivity contribution in [2.75, 3.05) is 25.5 Å². The molecule has 0 radical (unpaired) electrons. The summed E-state index contributed by atoms with van der Waals surface area (Å²) in [5.41, 5.74) is 7.54. The molecule has 0 aliphatic rings. The number of carbonyl (C=O) groups is 1. The van der Waals surface area contributed by atoms with Crippen molar-refractivity contribution in [2.45, 2.75) is 6.42 Å². The van der Waals surface area contributed by atoms with Crippen LogP contribution < -0.4 is 11.1 Å². The normalized spacial score (nSPS) is 9.73. The van der Waals surface area contributed by atoms with Gasteiger partial charge < -0.3 is 15.8 Å². The molecule has 3 N–H and O–H groups in total. The van der Waals surface area contributed by atoms with Crippen LogP contribution in [0.1, 0.15) is 5.56 Å². The Morgan fingerprint density at radius 3 is 2.60 bits per heavy atom. The second-order valence-corrected chi connectivity index (χ2v) is 3.17. The van der Waals surface area contributed by atoms with Gasteiger partial charge in [-0.2, -0.15) is 0 Å². The van der Waals surface area contributed by atoms with Gasteiger partial charge in [0.15, 0.2) is 0 Å². The molecule has 0 fully saturated rings. The van der Waals surface area contributed by atoms with Crippen molar-refractivity contribution < 1.29 is 9.53 Å². The number of ether oxygens (including phenoxy) is 1. The second kappa shape index (κ2) is 6.03. The van der Waals surface area contributed by atoms with Crippen molar-refractivity contribution in [1.29, 1.82) is 0 Å². The molecule has 0 amide bonds. The molecule has 0 saturated carbocycles. The van der Waals surface area contributed by atoms with Gasteiger partial charge in [-0.25, -0.2) is 0 Å². The van der Waals surface area contributed by atoms with E-state index < -0.39 is 0 Å². The topological polar surface area (TPSA) is 64.3 Å². The number of methoxy groups -OCH3 is 1. The molecule has 1 aromatic rings. The summed E-state index contributed by atoms with van der Waals surface area (Å²) < 4.78 is 4.52. The Labute approximate surface area is 89.4 Å². The van der Waals surface area contributed by atoms with E-state index in [9.17, 15) is 4.79 Å². The zero-order chi connectivity index (χ0) is 11.1. The van der Waals surface area contributed by atoms with Gasteiger partial charge in [0.1, 0.15) is 6.54 Å². The number of carbonyl (C=O) groups excluding carboxylic acids is 1. The first-order valence-corrected chi connectivity index (χ1v) is 4.86. The molecule has 82 valence electrons. The molecule has 0 unspecified atom stereocenters. The lowest BCUT2D eigenvalue weighted by molar-refractivity contribution is -0.138. The number of anilines is 1. The molecule has 15 heavy (non-hydrogen) atoms. The van der Waals surface area contributed by atoms with E-state index in [1.807, 2.05) is 24.3 Å². The van der Waals surface area contributed by atoms with E-state index in [0.717, 1.165) is 12.1 Å². The second-order valence-electron chi connectivity index (χ2n) is 3.17. The zero-order valence-corrected chi connectivity index (χ0v) is 8.82. The number of benzene rings is 1. The summed E-state index contributed by atoms with van der Waals surface area (Å²) in [6, 6.07) is 7.83. The van der Waals surface area contributed by atoms with Gasteiger partial charge in [0, 0.05) is 5.69 Å². The smallest absolute Gasteiger partial charge is 0.325 e. The van der Waals surface area contributed by atoms with Crippen LogP contribution in [0.15, 0.2) is 24.3 Å². The van der Waals surface area contributed by atoms with Crippen LogP contribution in [0.3, 0.4) is 0 Å². The molecule has 1 rings (SSSR count). The van der Waals surface area contributed by atoms with Crippen molar-refractivity contribution in [2.24, 2.45) is 5.73 Å². The maximum absolute atomic E-state index is 10.9. The third kappa shape index (κ3) is 3.99. The fourth-order valence-electron chi connectivity index (χ4n) is 1.20. The first kappa shape index (κ1) is 11.5. The summed E-state index contributed by atoms with van der Waals surface area (Å²) in [7, 11) is 1.37. The van der Waals surface area contributed by atoms with Crippen LogP contribution in [0.2, 0.25) is 0 Å². The van der Waals surface area contributed by atoms with Crippen molar-refractivity contribution >= 4 is 11.7 Å². The molecule has 0 bridgehead atoms. The van der Waals surface area contributed by atoms with E-state index >= 15 is 0 Å². The van der Waals surface area contributed by atoms with Gasteiger partial charge in [-0.1, -0.05) is 12.1 Å². The minimum absolute atomic E-state index is 0.187. The predicted molar refractivity (Wildman–Crippen MR) is 59.7 cm³/mol. The molecular weight excluding hydrogens is 192 g/mol. The lowest BCUT2D eigenvalue weighted by atomic mass is 10.1. The maximum Gasteiger partial charge on any atom is 0.325 e. The molecule has 0 atom stereocenters. The van der Waals surface area contributed by atoms with Crippen LogP contribution in [0, 0.1) is 0 Å². The summed E-state index contributed by atoms with van der Waals surface area (Å²) in [6.45, 7) is 0.835. The Bertz CT molecular complexity index is 309. The average Bonchev–Trinajstić information content (AvgIpc) is 2.28. The Balaban J connectivity index is 2.45. The number of esters is 1. The minimum atomic E-state index is -0.277. The number of hydrogen-bond donors (Lipinski definition) is 2. The van der Waals surface area contributed by atoms with Crippen LogP contribution in [-0.2, 0) is 16.0 Å². The zero-order valence-electron chi connectivity index (χ0n) is 8.82. The SMILES string of the molecule is COC(=O)CNc1ccc(CCN)cc1. The van der Waals surface area contributed by atoms with Crippen LogP contribution in [0.4, 0.5) is 5.69 Å². The molecule has 0 heterocycles. The molecule has 1 aromatic carbocycles. The van der Waals surface area contributed by atoms with Crippen LogP contribution in [0.25, 0.3) is 0 Å². The highest BCUT2D eigenvalue weighted by atomic mass is 16.5. The largest absolute Gasteiger partial charge is 0.468 e. The van der Waals surface area contributed by atoms with Gasteiger partial charge in [0.2, 0.25) is 0 Å². The number of nitrogens with one attached hydrogen (secondary N) is 1. The third-order valence-electron chi connectivity index (χ3n) is 2.05. The fraction of sp³-hybridized carbons (Fsp3) is 0.364. The molecule has 0 aliphatic heterocycles. The van der Waals surface area contributed by atoms with Crippen LogP contribution >= 0.6 is 0 Å². The Morgan fingerprint density at radius 2 is 2.07 bits per heavy atom. The summed E-state index contributed by atoms with van der Waals surface area (Å²) in [5, 5.41) is 2.96. The van der Waals surface area contributed by atoms with Gasteiger partial charge in [-0.15, -0.1) is 0 Å². The van der Waals surface area contributed by atoms with Gasteiger partial charge in [0.05, 0.1) is 7.11 Å². The van der Waals surface area contributed by atoms with E-state index in [-0.39, 0.29) is 12.5 Å². The standard InChI is InChI=1S/C11H16N2O2/c1-15-11(14)8-13-10-4-2-9(3-5-10)6-7-12/h2-5,13H,6-8,12H2,1H3. The number of rotatable bonds is 5. The van der Waals surface area contributed by atoms with Gasteiger partial charge in [-0.05, 0) is 30.7 Å². The monoisotopic (exact) mass is 208 g/mol. The molecule has 4 nitrogen and oxygen atoms in total. The number of hydrogen-bond acceptors (Lipinski definition) is 4. The lowest BCUT2D eigenvalue weighted by Crippen LogP contribution is -2.14. The van der Waals surface area contributed by atoms with Crippen molar-refractivity contribution in [3.8, 4) is 0 Å². The van der Waals surface area contributed by atoms with Gasteiger partial charge >= 0.3 is 5.97 Å². The predicted octanol–water partition coefficient (Wildman–Crippen LogP) is 0.773. The summed E-state index contributed by atoms with van der Waals surface area (Å²) in [5.74, 6) is -0.277. The Kier molecular flexibility index (Phi) is 4.63. The maximum atomic E-state index is 10.9. The quantitative estimate of drug-likeness (QED) is 0.702. The molecule has 4 heteroatoms. The van der Waals surface area contributed by atoms with E-state index in [1.165, 1.54) is 12.7 Å². The van der Waals surface area contributed by atoms with E-state index in [1.54, 1.807) is 0 Å². The highest BCUT2D eigenvalue weighted by Gasteiger charge is 1.99. The lowest BCUT2D eigenvalue weighted by Gasteiger charge is -2.05. The van der Waals surface area contributed by atoms with Gasteiger partial charge in [-0.3, -0.25) is 4.79 Å². The van der Waals surface area contributed by atoms with Crippen LogP contribution in [-0.4, -0.2) is 26.2 Å². The summed E-state index contributed by atoms with van der Waals surface area (Å²) in [4.78, 5) is 10.9. The van der Waals surface area contributed by atoms with E-state index in [4.69, 9.17) is 5.73 Å². The van der Waals surface area contributed by atoms with E-state index in [0.29, 0.717) is 6.54 Å². The molecular formula is C11H16N2O2. The molecule has 0 spiro atoms. The summed E-state index contributed by atoms with van der Waals surface area (Å²) >= 11 is 0. The Hall–Kier alpha value is -1.55. The first-order valence-electron chi connectivity index (χ1n) is 4.86. The summed E-state index contributed by atoms with van der Waals surface area (Å²) in [6.07, 6.45) is 0.872. The first-order chi connectivity index (χ1) is 7.26. The van der Waals surface area contributed by atoms with Crippen molar-refractivity contribution in [3.63, 3.8) is 0 Å². The van der Waals surface area contributed by atoms with E-state index in [2.05, 4.69) is 10.1 Å². The Morgan fingerprint density at radius 1 is 1.40 bits per heavy atom. The highest BCUT2D eigenvalue weighted by Crippen LogP contribution is 2.09. The third-order valence-corrected chi connectivity index (χ3v) is 2.05. The molecule has 0 aromatic heterocycles. The number of nitrogens with two attached hydrogens (primary N) is 1. The average molecular weight is 208 g/mol. The highest BCUT2D eigenvalue weighted by molar-refractivity contribution is 5.74. The van der Waals surface area contributed by atoms with Crippen molar-refractivity contribution in [1.82, 2.24) is 0 Å². The molecule has 0 saturated heterocycles. The molecule has 0 aliphatic carbocycles. The van der Waals surface area contributed by atoms with Crippen LogP contribution in [0.5, 0.6) is 0 Å².